The van der Waals surface area contributed by atoms with E-state index in [1.165, 1.54) is 0 Å². The number of hydrogen-bond acceptors (Lipinski definition) is 6. The van der Waals surface area contributed by atoms with E-state index in [0.29, 0.717) is 19.4 Å². The lowest BCUT2D eigenvalue weighted by atomic mass is 9.98. The van der Waals surface area contributed by atoms with Crippen molar-refractivity contribution in [1.29, 1.82) is 0 Å². The maximum absolute atomic E-state index is 12.4. The molecule has 2 amide bonds. The van der Waals surface area contributed by atoms with Crippen LogP contribution in [-0.2, 0) is 14.3 Å². The Balaban J connectivity index is 1.23. The summed E-state index contributed by atoms with van der Waals surface area (Å²) in [4.78, 5) is 36.4. The zero-order valence-electron chi connectivity index (χ0n) is 19.6. The average Bonchev–Trinajstić information content (AvgIpc) is 3.44. The molecule has 2 aromatic rings. The van der Waals surface area contributed by atoms with Gasteiger partial charge in [-0.05, 0) is 48.4 Å². The number of rotatable bonds is 10. The molecule has 1 saturated heterocycles. The topological polar surface area (TPSA) is 105 Å². The van der Waals surface area contributed by atoms with Crippen LogP contribution in [0.25, 0.3) is 11.1 Å². The number of fused-ring (bicyclic) bond motifs is 3. The van der Waals surface area contributed by atoms with Crippen LogP contribution >= 0.6 is 23.5 Å². The average molecular weight is 515 g/mol. The Labute approximate surface area is 213 Å². The van der Waals surface area contributed by atoms with Crippen molar-refractivity contribution in [2.24, 2.45) is 0 Å². The standard InChI is InChI=1S/C26H30N2O5S2/c1-26(34-14-15-35-26)24(31)27-13-7-6-12-22(23(29)30)28-25(32)33-16-21-19-10-4-2-8-17(19)18-9-3-5-11-20(18)21/h2-5,8-11,21-22H,6-7,12-16H2,1H3,(H,27,31)(H,28,32)(H,29,30)/t22-/m0/s1. The third-order valence-corrected chi connectivity index (χ3v) is 9.64. The highest BCUT2D eigenvalue weighted by Gasteiger charge is 2.37. The number of aliphatic carboxylic acids is 1. The van der Waals surface area contributed by atoms with E-state index in [1.807, 2.05) is 43.3 Å². The van der Waals surface area contributed by atoms with Crippen molar-refractivity contribution < 1.29 is 24.2 Å². The van der Waals surface area contributed by atoms with E-state index >= 15 is 0 Å². The molecule has 1 fully saturated rings. The second-order valence-corrected chi connectivity index (χ2v) is 12.0. The van der Waals surface area contributed by atoms with Crippen LogP contribution in [0.4, 0.5) is 4.79 Å². The van der Waals surface area contributed by atoms with E-state index in [1.54, 1.807) is 23.5 Å². The maximum atomic E-state index is 12.4. The zero-order valence-corrected chi connectivity index (χ0v) is 21.3. The number of ether oxygens (including phenoxy) is 1. The van der Waals surface area contributed by atoms with Gasteiger partial charge in [-0.2, -0.15) is 0 Å². The van der Waals surface area contributed by atoms with Crippen molar-refractivity contribution in [2.75, 3.05) is 24.7 Å². The largest absolute Gasteiger partial charge is 0.480 e. The number of nitrogens with one attached hydrogen (secondary N) is 2. The fourth-order valence-corrected chi connectivity index (χ4v) is 7.21. The lowest BCUT2D eigenvalue weighted by molar-refractivity contribution is -0.139. The van der Waals surface area contributed by atoms with Gasteiger partial charge in [-0.3, -0.25) is 4.79 Å². The van der Waals surface area contributed by atoms with Gasteiger partial charge in [0, 0.05) is 24.0 Å². The summed E-state index contributed by atoms with van der Waals surface area (Å²) in [6.45, 7) is 2.54. The van der Waals surface area contributed by atoms with E-state index in [4.69, 9.17) is 4.74 Å². The van der Waals surface area contributed by atoms with Crippen molar-refractivity contribution >= 4 is 41.5 Å². The Kier molecular flexibility index (Phi) is 8.28. The third kappa shape index (κ3) is 5.95. The maximum Gasteiger partial charge on any atom is 0.407 e. The normalized spacial score (nSPS) is 16.7. The summed E-state index contributed by atoms with van der Waals surface area (Å²) in [6.07, 6.45) is 0.706. The number of benzene rings is 2. The van der Waals surface area contributed by atoms with Gasteiger partial charge >= 0.3 is 12.1 Å². The van der Waals surface area contributed by atoms with Crippen LogP contribution in [-0.4, -0.2) is 57.9 Å². The molecule has 186 valence electrons. The summed E-state index contributed by atoms with van der Waals surface area (Å²) in [6, 6.07) is 15.0. The summed E-state index contributed by atoms with van der Waals surface area (Å²) in [7, 11) is 0. The van der Waals surface area contributed by atoms with Gasteiger partial charge in [-0.1, -0.05) is 48.5 Å². The molecule has 0 unspecified atom stereocenters. The summed E-state index contributed by atoms with van der Waals surface area (Å²) >= 11 is 3.30. The summed E-state index contributed by atoms with van der Waals surface area (Å²) < 4.78 is 5.04. The molecule has 4 rings (SSSR count). The predicted molar refractivity (Wildman–Crippen MR) is 140 cm³/mol. The number of carboxylic acid groups (broad SMARTS) is 1. The molecule has 1 aliphatic carbocycles. The van der Waals surface area contributed by atoms with Gasteiger partial charge in [-0.25, -0.2) is 9.59 Å². The van der Waals surface area contributed by atoms with Crippen LogP contribution in [0.2, 0.25) is 0 Å². The van der Waals surface area contributed by atoms with Crippen molar-refractivity contribution in [3.8, 4) is 11.1 Å². The first-order valence-corrected chi connectivity index (χ1v) is 13.8. The molecule has 0 spiro atoms. The Morgan fingerprint density at radius 3 is 2.23 bits per heavy atom. The van der Waals surface area contributed by atoms with Crippen molar-refractivity contribution in [3.05, 3.63) is 59.7 Å². The molecule has 2 aliphatic rings. The second-order valence-electron chi connectivity index (χ2n) is 8.76. The van der Waals surface area contributed by atoms with E-state index in [9.17, 15) is 19.5 Å². The zero-order chi connectivity index (χ0) is 24.8. The number of carbonyl (C=O) groups is 3. The van der Waals surface area contributed by atoms with Gasteiger partial charge in [0.2, 0.25) is 5.91 Å². The molecular weight excluding hydrogens is 484 g/mol. The molecule has 7 nitrogen and oxygen atoms in total. The number of thioether (sulfide) groups is 2. The first-order valence-electron chi connectivity index (χ1n) is 11.8. The van der Waals surface area contributed by atoms with Crippen LogP contribution in [0.1, 0.15) is 43.2 Å². The first-order chi connectivity index (χ1) is 16.9. The van der Waals surface area contributed by atoms with Crippen molar-refractivity contribution in [1.82, 2.24) is 10.6 Å². The minimum Gasteiger partial charge on any atom is -0.480 e. The highest BCUT2D eigenvalue weighted by molar-refractivity contribution is 8.22. The monoisotopic (exact) mass is 514 g/mol. The number of alkyl carbamates (subject to hydrolysis) is 1. The molecule has 0 bridgehead atoms. The van der Waals surface area contributed by atoms with Gasteiger partial charge in [0.05, 0.1) is 0 Å². The third-order valence-electron chi connectivity index (χ3n) is 6.39. The molecular formula is C26H30N2O5S2. The smallest absolute Gasteiger partial charge is 0.407 e. The Hall–Kier alpha value is -2.65. The number of carboxylic acids is 1. The first kappa shape index (κ1) is 25.4. The van der Waals surface area contributed by atoms with Gasteiger partial charge in [-0.15, -0.1) is 23.5 Å². The summed E-state index contributed by atoms with van der Waals surface area (Å²) in [5.74, 6) is 0.760. The Morgan fingerprint density at radius 2 is 1.63 bits per heavy atom. The molecule has 1 aliphatic heterocycles. The fourth-order valence-electron chi connectivity index (χ4n) is 4.52. The van der Waals surface area contributed by atoms with Crippen LogP contribution in [0.5, 0.6) is 0 Å². The van der Waals surface area contributed by atoms with Gasteiger partial charge in [0.25, 0.3) is 0 Å². The number of unbranched alkanes of at least 4 members (excludes halogenated alkanes) is 1. The minimum absolute atomic E-state index is 0.0107. The summed E-state index contributed by atoms with van der Waals surface area (Å²) in [5, 5.41) is 15.0. The van der Waals surface area contributed by atoms with Gasteiger partial charge in [0.1, 0.15) is 16.7 Å². The van der Waals surface area contributed by atoms with Gasteiger partial charge < -0.3 is 20.5 Å². The highest BCUT2D eigenvalue weighted by atomic mass is 32.2. The molecule has 1 atom stereocenters. The lowest BCUT2D eigenvalue weighted by Gasteiger charge is -2.20. The van der Waals surface area contributed by atoms with Crippen molar-refractivity contribution in [3.63, 3.8) is 0 Å². The molecule has 2 aromatic carbocycles. The van der Waals surface area contributed by atoms with Crippen LogP contribution < -0.4 is 10.6 Å². The Morgan fingerprint density at radius 1 is 1.03 bits per heavy atom. The van der Waals surface area contributed by atoms with Crippen LogP contribution in [0.15, 0.2) is 48.5 Å². The molecule has 3 N–H and O–H groups in total. The molecule has 0 aromatic heterocycles. The molecule has 1 heterocycles. The molecule has 0 radical (unpaired) electrons. The molecule has 0 saturated carbocycles. The number of hydrogen-bond donors (Lipinski definition) is 3. The molecule has 9 heteroatoms. The molecule has 35 heavy (non-hydrogen) atoms. The predicted octanol–water partition coefficient (Wildman–Crippen LogP) is 4.46. The Bertz CT molecular complexity index is 1040. The number of carbonyl (C=O) groups excluding carboxylic acids is 2. The van der Waals surface area contributed by atoms with E-state index < -0.39 is 22.2 Å². The number of amides is 2. The van der Waals surface area contributed by atoms with Gasteiger partial charge in [0.15, 0.2) is 0 Å². The van der Waals surface area contributed by atoms with E-state index in [2.05, 4.69) is 22.8 Å². The second kappa shape index (κ2) is 11.4. The quantitative estimate of drug-likeness (QED) is 0.402. The SMILES string of the molecule is CC1(C(=O)NCCCC[C@H](NC(=O)OCC2c3ccccc3-c3ccccc32)C(=O)O)SCCS1. The summed E-state index contributed by atoms with van der Waals surface area (Å²) in [5.41, 5.74) is 4.46. The lowest BCUT2D eigenvalue weighted by Crippen LogP contribution is -2.41. The minimum atomic E-state index is -1.10. The van der Waals surface area contributed by atoms with Crippen LogP contribution in [0, 0.1) is 0 Å². The van der Waals surface area contributed by atoms with E-state index in [0.717, 1.165) is 33.8 Å². The fraction of sp³-hybridized carbons (Fsp3) is 0.423. The van der Waals surface area contributed by atoms with Crippen molar-refractivity contribution in [2.45, 2.75) is 42.2 Å². The van der Waals surface area contributed by atoms with E-state index in [-0.39, 0.29) is 24.9 Å². The van der Waals surface area contributed by atoms with Crippen LogP contribution in [0.3, 0.4) is 0 Å². The highest BCUT2D eigenvalue weighted by Crippen LogP contribution is 2.45.